The molecule has 1 aliphatic carbocycles. The largest absolute Gasteiger partial charge is 0.481 e. The van der Waals surface area contributed by atoms with E-state index >= 15 is 0 Å². The van der Waals surface area contributed by atoms with Crippen molar-refractivity contribution in [3.05, 3.63) is 64.7 Å². The van der Waals surface area contributed by atoms with E-state index < -0.39 is 6.10 Å². The predicted octanol–water partition coefficient (Wildman–Crippen LogP) is 4.77. The smallest absolute Gasteiger partial charge is 0.261 e. The summed E-state index contributed by atoms with van der Waals surface area (Å²) in [6.07, 6.45) is 5.09. The Hall–Kier alpha value is -2.29. The number of ether oxygens (including phenoxy) is 1. The van der Waals surface area contributed by atoms with Gasteiger partial charge in [0.15, 0.2) is 6.10 Å². The van der Waals surface area contributed by atoms with Gasteiger partial charge in [0.25, 0.3) is 5.91 Å². The van der Waals surface area contributed by atoms with Crippen LogP contribution in [0.3, 0.4) is 0 Å². The molecule has 0 saturated carbocycles. The number of carbonyl (C=O) groups is 1. The molecule has 3 nitrogen and oxygen atoms in total. The van der Waals surface area contributed by atoms with Crippen LogP contribution in [0.1, 0.15) is 61.9 Å². The van der Waals surface area contributed by atoms with Crippen molar-refractivity contribution in [1.82, 2.24) is 5.32 Å². The topological polar surface area (TPSA) is 38.3 Å². The van der Waals surface area contributed by atoms with Crippen LogP contribution in [-0.2, 0) is 24.1 Å². The fourth-order valence-corrected chi connectivity index (χ4v) is 3.56. The molecule has 2 aromatic rings. The average molecular weight is 351 g/mol. The van der Waals surface area contributed by atoms with E-state index in [1.807, 2.05) is 26.0 Å². The van der Waals surface area contributed by atoms with Gasteiger partial charge in [-0.1, -0.05) is 43.3 Å². The van der Waals surface area contributed by atoms with Gasteiger partial charge in [-0.2, -0.15) is 0 Å². The quantitative estimate of drug-likeness (QED) is 0.814. The van der Waals surface area contributed by atoms with Crippen LogP contribution >= 0.6 is 0 Å². The van der Waals surface area contributed by atoms with Crippen LogP contribution in [0.15, 0.2) is 42.5 Å². The van der Waals surface area contributed by atoms with E-state index in [0.717, 1.165) is 30.6 Å². The third-order valence-electron chi connectivity index (χ3n) is 5.27. The number of hydrogen-bond donors (Lipinski definition) is 1. The van der Waals surface area contributed by atoms with Gasteiger partial charge in [-0.25, -0.2) is 0 Å². The lowest BCUT2D eigenvalue weighted by Gasteiger charge is -2.23. The van der Waals surface area contributed by atoms with Crippen molar-refractivity contribution >= 4 is 5.91 Å². The molecule has 3 heteroatoms. The summed E-state index contributed by atoms with van der Waals surface area (Å²) in [5.41, 5.74) is 5.06. The summed E-state index contributed by atoms with van der Waals surface area (Å²) in [7, 11) is 0. The molecule has 1 aliphatic rings. The maximum atomic E-state index is 12.6. The number of nitrogens with one attached hydrogen (secondary N) is 1. The van der Waals surface area contributed by atoms with Crippen LogP contribution in [0.2, 0.25) is 0 Å². The maximum Gasteiger partial charge on any atom is 0.261 e. The van der Waals surface area contributed by atoms with Gasteiger partial charge in [0.05, 0.1) is 6.04 Å². The Morgan fingerprint density at radius 1 is 1.08 bits per heavy atom. The Bertz CT molecular complexity index is 751. The molecule has 0 aromatic heterocycles. The Morgan fingerprint density at radius 2 is 1.81 bits per heavy atom. The molecule has 0 radical (unpaired) electrons. The Kier molecular flexibility index (Phi) is 5.97. The van der Waals surface area contributed by atoms with Gasteiger partial charge in [-0.15, -0.1) is 0 Å². The summed E-state index contributed by atoms with van der Waals surface area (Å²) in [5, 5.41) is 3.07. The van der Waals surface area contributed by atoms with E-state index in [1.54, 1.807) is 0 Å². The van der Waals surface area contributed by atoms with Crippen LogP contribution in [0.4, 0.5) is 0 Å². The van der Waals surface area contributed by atoms with E-state index in [4.69, 9.17) is 4.74 Å². The van der Waals surface area contributed by atoms with E-state index in [-0.39, 0.29) is 11.9 Å². The Labute approximate surface area is 156 Å². The molecule has 3 rings (SSSR count). The van der Waals surface area contributed by atoms with Crippen molar-refractivity contribution < 1.29 is 9.53 Å². The minimum Gasteiger partial charge on any atom is -0.481 e. The molecule has 2 aromatic carbocycles. The number of fused-ring (bicyclic) bond motifs is 1. The molecule has 0 aliphatic heterocycles. The highest BCUT2D eigenvalue weighted by Gasteiger charge is 2.20. The second kappa shape index (κ2) is 8.39. The van der Waals surface area contributed by atoms with Crippen LogP contribution in [-0.4, -0.2) is 12.0 Å². The van der Waals surface area contributed by atoms with Crippen molar-refractivity contribution in [3.8, 4) is 5.75 Å². The second-order valence-electron chi connectivity index (χ2n) is 7.19. The Morgan fingerprint density at radius 3 is 2.54 bits per heavy atom. The lowest BCUT2D eigenvalue weighted by molar-refractivity contribution is -0.127. The first kappa shape index (κ1) is 18.5. The number of benzene rings is 2. The minimum absolute atomic E-state index is 0.0378. The maximum absolute atomic E-state index is 12.6. The monoisotopic (exact) mass is 351 g/mol. The van der Waals surface area contributed by atoms with Crippen molar-refractivity contribution in [2.75, 3.05) is 0 Å². The molecule has 0 heterocycles. The summed E-state index contributed by atoms with van der Waals surface area (Å²) in [4.78, 5) is 12.6. The van der Waals surface area contributed by atoms with Gasteiger partial charge in [-0.05, 0) is 74.3 Å². The fraction of sp³-hybridized carbons (Fsp3) is 0.435. The van der Waals surface area contributed by atoms with Gasteiger partial charge in [0.1, 0.15) is 5.75 Å². The van der Waals surface area contributed by atoms with Crippen LogP contribution in [0, 0.1) is 0 Å². The zero-order chi connectivity index (χ0) is 18.5. The Balaban J connectivity index is 1.62. The van der Waals surface area contributed by atoms with E-state index in [1.165, 1.54) is 29.5 Å². The third-order valence-corrected chi connectivity index (χ3v) is 5.27. The zero-order valence-electron chi connectivity index (χ0n) is 16.0. The van der Waals surface area contributed by atoms with E-state index in [0.29, 0.717) is 0 Å². The standard InChI is InChI=1S/C23H29NO2/c1-4-18-12-14-19(15-13-18)16(2)24-23(25)17(3)26-22-11-7-9-20-8-5-6-10-21(20)22/h7,9,11-17H,4-6,8,10H2,1-3H3,(H,24,25)/t16-,17-/m1/s1. The molecule has 2 atom stereocenters. The lowest BCUT2D eigenvalue weighted by Crippen LogP contribution is -2.38. The first-order valence-corrected chi connectivity index (χ1v) is 9.75. The number of amides is 1. The third kappa shape index (κ3) is 4.27. The highest BCUT2D eigenvalue weighted by atomic mass is 16.5. The molecule has 0 spiro atoms. The first-order valence-electron chi connectivity index (χ1n) is 9.75. The van der Waals surface area contributed by atoms with E-state index in [2.05, 4.69) is 42.6 Å². The van der Waals surface area contributed by atoms with Crippen LogP contribution in [0.25, 0.3) is 0 Å². The minimum atomic E-state index is -0.513. The summed E-state index contributed by atoms with van der Waals surface area (Å²) in [6, 6.07) is 14.6. The lowest BCUT2D eigenvalue weighted by atomic mass is 9.91. The molecule has 26 heavy (non-hydrogen) atoms. The van der Waals surface area contributed by atoms with Crippen molar-refractivity contribution in [2.45, 2.75) is 65.0 Å². The zero-order valence-corrected chi connectivity index (χ0v) is 16.0. The predicted molar refractivity (Wildman–Crippen MR) is 106 cm³/mol. The summed E-state index contributed by atoms with van der Waals surface area (Å²) < 4.78 is 6.04. The number of rotatable bonds is 6. The summed E-state index contributed by atoms with van der Waals surface area (Å²) in [6.45, 7) is 5.97. The van der Waals surface area contributed by atoms with E-state index in [9.17, 15) is 4.79 Å². The molecule has 138 valence electrons. The van der Waals surface area contributed by atoms with Gasteiger partial charge >= 0.3 is 0 Å². The summed E-state index contributed by atoms with van der Waals surface area (Å²) in [5.74, 6) is 0.787. The summed E-state index contributed by atoms with van der Waals surface area (Å²) >= 11 is 0. The molecular weight excluding hydrogens is 322 g/mol. The van der Waals surface area contributed by atoms with Crippen LogP contribution < -0.4 is 10.1 Å². The number of hydrogen-bond acceptors (Lipinski definition) is 2. The van der Waals surface area contributed by atoms with Gasteiger partial charge in [0, 0.05) is 0 Å². The highest BCUT2D eigenvalue weighted by Crippen LogP contribution is 2.30. The second-order valence-corrected chi connectivity index (χ2v) is 7.19. The molecule has 0 fully saturated rings. The first-order chi connectivity index (χ1) is 12.6. The van der Waals surface area contributed by atoms with Crippen molar-refractivity contribution in [1.29, 1.82) is 0 Å². The van der Waals surface area contributed by atoms with Gasteiger partial charge < -0.3 is 10.1 Å². The van der Waals surface area contributed by atoms with Crippen molar-refractivity contribution in [3.63, 3.8) is 0 Å². The fourth-order valence-electron chi connectivity index (χ4n) is 3.56. The molecule has 0 saturated heterocycles. The molecule has 0 bridgehead atoms. The number of aryl methyl sites for hydroxylation is 2. The average Bonchev–Trinajstić information content (AvgIpc) is 2.68. The van der Waals surface area contributed by atoms with Gasteiger partial charge in [-0.3, -0.25) is 4.79 Å². The highest BCUT2D eigenvalue weighted by molar-refractivity contribution is 5.81. The molecule has 1 amide bonds. The molecular formula is C23H29NO2. The van der Waals surface area contributed by atoms with Gasteiger partial charge in [0.2, 0.25) is 0 Å². The number of carbonyl (C=O) groups excluding carboxylic acids is 1. The molecule has 0 unspecified atom stereocenters. The van der Waals surface area contributed by atoms with Crippen molar-refractivity contribution in [2.24, 2.45) is 0 Å². The van der Waals surface area contributed by atoms with Crippen LogP contribution in [0.5, 0.6) is 5.75 Å². The SMILES string of the molecule is CCc1ccc([C@@H](C)NC(=O)[C@@H](C)Oc2cccc3c2CCCC3)cc1. The normalized spacial score (nSPS) is 15.7. The molecule has 1 N–H and O–H groups in total.